The third-order valence-corrected chi connectivity index (χ3v) is 23.3. The minimum atomic E-state index is -0.319. The Labute approximate surface area is 863 Å². The van der Waals surface area contributed by atoms with E-state index in [2.05, 4.69) is 388 Å². The molecule has 684 valence electrons. The van der Waals surface area contributed by atoms with E-state index in [1.807, 2.05) is 121 Å². The molecule has 12 aromatic carbocycles. The van der Waals surface area contributed by atoms with Crippen LogP contribution in [0.15, 0.2) is 510 Å². The fourth-order valence-corrected chi connectivity index (χ4v) is 16.7. The van der Waals surface area contributed by atoms with Crippen molar-refractivity contribution in [3.8, 4) is 0 Å². The standard InChI is InChI=1S/2C44H28N4.C11H10N4O.4C7H8.H2O.2Zn/c2*1-5-13-29(14-6-1)41-33-21-23-35(45-33)42(30-15-7-2-8-16-30)37-25-27-39(47-37)44(32-19-11-4-12-20-32)40-28-26-38(48-40)43(31-17-9-3-10-18-31)36-24-22-34(41)46-36;16-11(14-9-3-1-5-12-7-9)15-10-4-2-6-13-8-10;4*1-7-5-3-2-4-6-7;;;/h2*1-28H;1-8H,(H2,14,15,16);4*2-6H,1H3;1H2;;. The Kier molecular flexibility index (Phi) is 34.8. The molecular weight excluding hydrogens is 1860 g/mol. The molecule has 0 fully saturated rings. The fraction of sp³-hybridized carbons (Fsp3) is 0.0315. The van der Waals surface area contributed by atoms with Gasteiger partial charge in [-0.3, -0.25) is 9.97 Å². The van der Waals surface area contributed by atoms with Crippen molar-refractivity contribution in [2.75, 3.05) is 10.6 Å². The molecule has 2 aliphatic rings. The summed E-state index contributed by atoms with van der Waals surface area (Å²) in [4.78, 5) is 61.8. The molecule has 0 spiro atoms. The molecule has 24 rings (SSSR count). The number of amides is 2. The first kappa shape index (κ1) is 100. The number of nitrogens with one attached hydrogen (secondary N) is 2. The second kappa shape index (κ2) is 49.8. The summed E-state index contributed by atoms with van der Waals surface area (Å²) in [7, 11) is 0. The van der Waals surface area contributed by atoms with E-state index < -0.39 is 0 Å². The van der Waals surface area contributed by atoms with Gasteiger partial charge in [0, 0.05) is 293 Å². The Morgan fingerprint density at radius 1 is 0.182 bits per heavy atom. The van der Waals surface area contributed by atoms with E-state index in [-0.39, 0.29) is 50.5 Å². The molecule has 12 heterocycles. The molecule has 0 radical (unpaired) electrons. The third-order valence-electron chi connectivity index (χ3n) is 23.3. The van der Waals surface area contributed by atoms with Crippen LogP contribution in [0.4, 0.5) is 16.2 Å². The van der Waals surface area contributed by atoms with Gasteiger partial charge in [0.25, 0.3) is 0 Å². The number of aromatic nitrogens is 10. The van der Waals surface area contributed by atoms with E-state index >= 15 is 0 Å². The molecule has 0 unspecified atom stereocenters. The largest absolute Gasteiger partial charge is 0.628 e. The quantitative estimate of drug-likeness (QED) is 0.0971. The number of rotatable bonds is 10. The molecule has 4 N–H and O–H groups in total. The predicted octanol–water partition coefficient (Wildman–Crippen LogP) is 25.1. The zero-order chi connectivity index (χ0) is 95.4. The van der Waals surface area contributed by atoms with Crippen molar-refractivity contribution in [3.05, 3.63) is 715 Å². The number of urea groups is 1. The van der Waals surface area contributed by atoms with E-state index in [1.54, 1.807) is 49.1 Å². The maximum Gasteiger partial charge on any atom is 0.323 e. The molecule has 143 heavy (non-hydrogen) atoms. The topological polar surface area (TPSA) is 211 Å². The van der Waals surface area contributed by atoms with Crippen molar-refractivity contribution in [3.63, 3.8) is 0 Å². The number of pyridine rings is 2. The van der Waals surface area contributed by atoms with Crippen LogP contribution < -0.4 is 50.5 Å². The van der Waals surface area contributed by atoms with Gasteiger partial charge in [0.15, 0.2) is 0 Å². The smallest absolute Gasteiger partial charge is 0.323 e. The van der Waals surface area contributed by atoms with Crippen LogP contribution in [0.1, 0.15) is 158 Å². The minimum Gasteiger partial charge on any atom is -0.628 e. The van der Waals surface area contributed by atoms with Crippen molar-refractivity contribution >= 4 is 17.4 Å². The second-order valence-electron chi connectivity index (χ2n) is 33.3. The van der Waals surface area contributed by atoms with Gasteiger partial charge < -0.3 is 56.0 Å². The first-order chi connectivity index (χ1) is 69.0. The zero-order valence-electron chi connectivity index (χ0n) is 79.8. The SMILES string of the molecule is Cc1ccccc1.Cc1ccccc1.Cc1ccccc1.Cc1ccccc1.O.O=C(Nc1cccnc1)Nc1cccnc1.[Zn].[Zn].c1ccc([C+]2c3ccc([n-]3)[C+](c3ccccc3)c3ccc([n-]3)[C+](c3ccccc3)c3ccc([n-]3)[C+](c3ccccc3)c3ccc2[n-]3)cc1.c1ccc([C+]2c3ccc([n-]3)[C+](c3ccccc3)c3ccc([n-]3)[C+](c3ccccc3)c3ccc([n-]3)[C+](c3ccccc3)c3ccc2[n-]3)cc1. The number of carbonyl (C=O) groups is 1. The molecule has 16 bridgehead atoms. The predicted molar refractivity (Wildman–Crippen MR) is 563 cm³/mol. The summed E-state index contributed by atoms with van der Waals surface area (Å²) in [5.41, 5.74) is 28.8. The van der Waals surface area contributed by atoms with Gasteiger partial charge in [-0.15, -0.1) is 0 Å². The van der Waals surface area contributed by atoms with Gasteiger partial charge in [0.05, 0.1) is 68.3 Å². The van der Waals surface area contributed by atoms with Gasteiger partial charge in [-0.1, -0.05) is 144 Å². The Bertz CT molecular complexity index is 6130. The van der Waals surface area contributed by atoms with Gasteiger partial charge in [-0.25, -0.2) is 4.79 Å². The molecule has 0 aliphatic carbocycles. The molecule has 0 atom stereocenters. The molecule has 22 aromatic rings. The van der Waals surface area contributed by atoms with Crippen LogP contribution in [0, 0.1) is 75.0 Å². The summed E-state index contributed by atoms with van der Waals surface area (Å²) >= 11 is 0. The average Bonchev–Trinajstić information content (AvgIpc) is 1.62. The Hall–Kier alpha value is -17.4. The summed E-state index contributed by atoms with van der Waals surface area (Å²) < 4.78 is 0. The number of anilines is 2. The average molecular weight is 1960 g/mol. The first-order valence-electron chi connectivity index (χ1n) is 46.5. The van der Waals surface area contributed by atoms with Crippen LogP contribution in [0.3, 0.4) is 0 Å². The maximum absolute atomic E-state index is 11.5. The summed E-state index contributed by atoms with van der Waals surface area (Å²) in [6.45, 7) is 8.33. The zero-order valence-corrected chi connectivity index (χ0v) is 85.7. The Balaban J connectivity index is 0.000000149. The van der Waals surface area contributed by atoms with Crippen LogP contribution in [-0.2, 0) is 39.0 Å². The van der Waals surface area contributed by atoms with Gasteiger partial charge in [-0.05, 0) is 289 Å². The number of hydrogen-bond donors (Lipinski definition) is 2. The Morgan fingerprint density at radius 3 is 0.413 bits per heavy atom. The second-order valence-corrected chi connectivity index (χ2v) is 33.3. The minimum absolute atomic E-state index is 0. The summed E-state index contributed by atoms with van der Waals surface area (Å²) in [5, 5.41) is 5.30. The van der Waals surface area contributed by atoms with Crippen LogP contribution in [0.2, 0.25) is 0 Å². The molecule has 0 saturated heterocycles. The van der Waals surface area contributed by atoms with Crippen molar-refractivity contribution in [1.29, 1.82) is 0 Å². The van der Waals surface area contributed by atoms with Crippen LogP contribution in [0.5, 0.6) is 0 Å². The van der Waals surface area contributed by atoms with E-state index in [4.69, 9.17) is 39.9 Å². The number of nitrogens with zero attached hydrogens (tertiary/aromatic N) is 10. The molecule has 14 nitrogen and oxygen atoms in total. The van der Waals surface area contributed by atoms with Crippen LogP contribution in [-0.4, -0.2) is 21.5 Å². The van der Waals surface area contributed by atoms with Gasteiger partial charge >= 0.3 is 6.03 Å². The monoisotopic (exact) mass is 1950 g/mol. The maximum atomic E-state index is 11.5. The van der Waals surface area contributed by atoms with Crippen molar-refractivity contribution in [1.82, 2.24) is 49.8 Å². The number of fused-ring (bicyclic) bond motifs is 16. The number of benzene rings is 12. The van der Waals surface area contributed by atoms with Crippen LogP contribution >= 0.6 is 0 Å². The van der Waals surface area contributed by atoms with E-state index in [1.165, 1.54) is 22.3 Å². The van der Waals surface area contributed by atoms with Crippen molar-refractivity contribution in [2.45, 2.75) is 27.7 Å². The first-order valence-corrected chi connectivity index (χ1v) is 46.5. The number of aryl methyl sites for hydroxylation is 4. The number of carbonyl (C=O) groups excluding carboxylic acids is 1. The molecule has 16 heteroatoms. The van der Waals surface area contributed by atoms with E-state index in [9.17, 15) is 4.79 Å². The van der Waals surface area contributed by atoms with E-state index in [0.29, 0.717) is 11.4 Å². The van der Waals surface area contributed by atoms with E-state index in [0.717, 1.165) is 183 Å². The van der Waals surface area contributed by atoms with Gasteiger partial charge in [-0.2, -0.15) is 0 Å². The Morgan fingerprint density at radius 2 is 0.308 bits per heavy atom. The van der Waals surface area contributed by atoms with Crippen molar-refractivity contribution < 1.29 is 49.2 Å². The fourth-order valence-electron chi connectivity index (χ4n) is 16.7. The third kappa shape index (κ3) is 25.6. The molecule has 0 saturated carbocycles. The van der Waals surface area contributed by atoms with Crippen molar-refractivity contribution in [2.24, 2.45) is 0 Å². The molecule has 2 amide bonds. The molecule has 2 aliphatic heterocycles. The van der Waals surface area contributed by atoms with Gasteiger partial charge in [0.1, 0.15) is 0 Å². The number of hydrogen-bond acceptors (Lipinski definition) is 3. The summed E-state index contributed by atoms with van der Waals surface area (Å²) in [5.74, 6) is 7.83. The molecular formula is C127H100N12O2Zn2. The van der Waals surface area contributed by atoms with Crippen LogP contribution in [0.25, 0.3) is 0 Å². The summed E-state index contributed by atoms with van der Waals surface area (Å²) in [6, 6.07) is 165. The summed E-state index contributed by atoms with van der Waals surface area (Å²) in [6.07, 6.45) is 6.43. The normalized spacial score (nSPS) is 11.4. The van der Waals surface area contributed by atoms with Gasteiger partial charge in [0.2, 0.25) is 0 Å². The molecule has 10 aromatic heterocycles.